The van der Waals surface area contributed by atoms with Crippen LogP contribution in [0.15, 0.2) is 157 Å². The van der Waals surface area contributed by atoms with Gasteiger partial charge in [0, 0.05) is 41.6 Å². The van der Waals surface area contributed by atoms with Crippen molar-refractivity contribution in [3.8, 4) is 17.2 Å². The van der Waals surface area contributed by atoms with E-state index in [1.54, 1.807) is 64.4 Å². The average molecular weight is 1040 g/mol. The minimum atomic E-state index is -0.566. The molecule has 2 aliphatic rings. The largest absolute Gasteiger partial charge is 0.495 e. The molecule has 8 aromatic heterocycles. The van der Waals surface area contributed by atoms with E-state index in [4.69, 9.17) is 47.5 Å². The maximum absolute atomic E-state index is 11.9. The highest BCUT2D eigenvalue weighted by atomic mass is 35.5. The summed E-state index contributed by atoms with van der Waals surface area (Å²) in [7, 11) is 1.55. The van der Waals surface area contributed by atoms with Gasteiger partial charge in [0.15, 0.2) is 23.4 Å². The molecule has 2 unspecified atom stereocenters. The van der Waals surface area contributed by atoms with E-state index in [0.717, 1.165) is 44.8 Å². The van der Waals surface area contributed by atoms with Gasteiger partial charge in [-0.2, -0.15) is 20.3 Å². The monoisotopic (exact) mass is 1040 g/mol. The van der Waals surface area contributed by atoms with E-state index in [-0.39, 0.29) is 6.10 Å². The molecule has 2 aliphatic heterocycles. The van der Waals surface area contributed by atoms with Gasteiger partial charge in [-0.15, -0.1) is 0 Å². The molecule has 9 N–H and O–H groups in total. The van der Waals surface area contributed by atoms with Gasteiger partial charge in [0.2, 0.25) is 6.10 Å². The van der Waals surface area contributed by atoms with Crippen molar-refractivity contribution in [2.24, 2.45) is 17.2 Å². The topological polar surface area (TPSA) is 297 Å². The minimum absolute atomic E-state index is 0.190. The third kappa shape index (κ3) is 8.95. The van der Waals surface area contributed by atoms with Gasteiger partial charge in [0.05, 0.1) is 98.1 Å². The molecule has 0 aliphatic carbocycles. The molecular formula is C53H42ClN15O7. The zero-order valence-electron chi connectivity index (χ0n) is 40.1. The number of halogens is 1. The van der Waals surface area contributed by atoms with E-state index in [2.05, 4.69) is 46.4 Å². The van der Waals surface area contributed by atoms with Crippen LogP contribution in [0.2, 0.25) is 5.02 Å². The summed E-state index contributed by atoms with van der Waals surface area (Å²) in [4.78, 5) is 43.9. The Labute approximate surface area is 435 Å². The van der Waals surface area contributed by atoms with Crippen LogP contribution >= 0.6 is 11.6 Å². The smallest absolute Gasteiger partial charge is 0.272 e. The van der Waals surface area contributed by atoms with Gasteiger partial charge < -0.3 is 51.9 Å². The van der Waals surface area contributed by atoms with Gasteiger partial charge in [-0.1, -0.05) is 47.1 Å². The number of aryl methyl sites for hydroxylation is 1. The second kappa shape index (κ2) is 19.8. The molecule has 3 amide bonds. The number of nitrogens with zero attached hydrogens (tertiary/aromatic N) is 9. The summed E-state index contributed by atoms with van der Waals surface area (Å²) < 4.78 is 27.2. The lowest BCUT2D eigenvalue weighted by atomic mass is 9.98. The molecule has 0 spiro atoms. The molecule has 13 rings (SSSR count). The van der Waals surface area contributed by atoms with Crippen molar-refractivity contribution < 1.29 is 33.1 Å². The van der Waals surface area contributed by atoms with Crippen LogP contribution in [0.4, 0.5) is 34.1 Å². The van der Waals surface area contributed by atoms with E-state index in [1.165, 1.54) is 18.6 Å². The van der Waals surface area contributed by atoms with Crippen LogP contribution in [-0.2, 0) is 0 Å². The predicted octanol–water partition coefficient (Wildman–Crippen LogP) is 8.24. The molecule has 11 aromatic rings. The third-order valence-electron chi connectivity index (χ3n) is 12.3. The summed E-state index contributed by atoms with van der Waals surface area (Å²) in [6.45, 7) is 1.75. The highest BCUT2D eigenvalue weighted by molar-refractivity contribution is 6.32. The van der Waals surface area contributed by atoms with E-state index in [9.17, 15) is 14.4 Å². The second-order valence-electron chi connectivity index (χ2n) is 17.0. The Hall–Kier alpha value is -10.5. The lowest BCUT2D eigenvalue weighted by Gasteiger charge is -2.32. The fraction of sp³-hybridized carbons (Fsp3) is 0.0755. The van der Waals surface area contributed by atoms with E-state index < -0.39 is 23.8 Å². The predicted molar refractivity (Wildman–Crippen MR) is 280 cm³/mol. The van der Waals surface area contributed by atoms with Gasteiger partial charge in [0.1, 0.15) is 5.75 Å². The van der Waals surface area contributed by atoms with E-state index in [1.807, 2.05) is 97.2 Å². The molecule has 3 aromatic carbocycles. The summed E-state index contributed by atoms with van der Waals surface area (Å²) in [5.41, 5.74) is 26.4. The first-order valence-electron chi connectivity index (χ1n) is 23.2. The molecule has 76 heavy (non-hydrogen) atoms. The van der Waals surface area contributed by atoms with Crippen LogP contribution in [0.3, 0.4) is 0 Å². The number of carbonyl (C=O) groups excluding carboxylic acids is 3. The normalized spacial score (nSPS) is 13.7. The standard InChI is InChI=1S/C20H15N5O2.C18H14N6O3.C15H13ClN4O2/c21-20(26)13-11-23-25-10-4-8-16(25)17(13)24-15-7-3-5-12-18(27-19(12)15)14-6-1-2-9-22-14;1-9-21-18(27-23-9)16-10-4-2-5-12(15(10)26-16)22-14-11(17(19)25)8-20-24-7-3-6-13(14)24;1-22-13-5-4-9(7-11(13)16)19-14-10(15(17)21)8-18-20-6-2-3-12(14)20/h1-11,18,24H,(H2,21,26);2-8,16,22H,1H3,(H2,19,25);2-8,19H,1H3,(H2,17,21). The number of amides is 3. The van der Waals surface area contributed by atoms with Crippen molar-refractivity contribution >= 4 is 80.0 Å². The van der Waals surface area contributed by atoms with Crippen LogP contribution in [0.5, 0.6) is 17.2 Å². The highest BCUT2D eigenvalue weighted by Crippen LogP contribution is 2.50. The number of hydrogen-bond acceptors (Lipinski definition) is 16. The third-order valence-corrected chi connectivity index (χ3v) is 12.6. The van der Waals surface area contributed by atoms with E-state index >= 15 is 0 Å². The summed E-state index contributed by atoms with van der Waals surface area (Å²) in [6, 6.07) is 33.6. The van der Waals surface area contributed by atoms with Gasteiger partial charge in [-0.05, 0) is 85.8 Å². The van der Waals surface area contributed by atoms with Crippen molar-refractivity contribution in [3.63, 3.8) is 0 Å². The number of hydrogen-bond donors (Lipinski definition) is 6. The zero-order valence-corrected chi connectivity index (χ0v) is 40.8. The number of carbonyl (C=O) groups is 3. The molecule has 0 fully saturated rings. The van der Waals surface area contributed by atoms with Crippen LogP contribution in [-0.4, -0.2) is 68.8 Å². The van der Waals surface area contributed by atoms with Crippen molar-refractivity contribution in [2.75, 3.05) is 23.1 Å². The molecule has 0 saturated heterocycles. The van der Waals surface area contributed by atoms with Gasteiger partial charge in [0.25, 0.3) is 23.6 Å². The van der Waals surface area contributed by atoms with Crippen molar-refractivity contribution in [1.29, 1.82) is 0 Å². The molecule has 0 saturated carbocycles. The molecule has 2 atom stereocenters. The first-order chi connectivity index (χ1) is 36.9. The Morgan fingerprint density at radius 1 is 0.618 bits per heavy atom. The van der Waals surface area contributed by atoms with Gasteiger partial charge in [-0.3, -0.25) is 19.4 Å². The zero-order chi connectivity index (χ0) is 52.6. The number of primary amides is 3. The Kier molecular flexibility index (Phi) is 12.5. The fourth-order valence-corrected chi connectivity index (χ4v) is 8.93. The maximum atomic E-state index is 11.9. The number of ether oxygens (including phenoxy) is 3. The molecule has 10 heterocycles. The summed E-state index contributed by atoms with van der Waals surface area (Å²) in [6.07, 6.45) is 10.9. The molecule has 0 bridgehead atoms. The maximum Gasteiger partial charge on any atom is 0.272 e. The number of benzene rings is 3. The molecular weight excluding hydrogens is 994 g/mol. The lowest BCUT2D eigenvalue weighted by molar-refractivity contribution is 0.0992. The molecule has 22 nitrogen and oxygen atoms in total. The number of rotatable bonds is 12. The molecule has 0 radical (unpaired) electrons. The van der Waals surface area contributed by atoms with Crippen molar-refractivity contribution in [3.05, 3.63) is 203 Å². The second-order valence-corrected chi connectivity index (χ2v) is 17.4. The Balaban J connectivity index is 0.000000123. The van der Waals surface area contributed by atoms with Crippen LogP contribution in [0, 0.1) is 6.92 Å². The number of aromatic nitrogens is 9. The lowest BCUT2D eigenvalue weighted by Crippen LogP contribution is -2.22. The highest BCUT2D eigenvalue weighted by Gasteiger charge is 2.37. The van der Waals surface area contributed by atoms with Crippen LogP contribution < -0.4 is 47.4 Å². The van der Waals surface area contributed by atoms with Crippen LogP contribution in [0.1, 0.15) is 71.8 Å². The Morgan fingerprint density at radius 3 is 1.59 bits per heavy atom. The first-order valence-corrected chi connectivity index (χ1v) is 23.5. The van der Waals surface area contributed by atoms with Crippen molar-refractivity contribution in [1.82, 2.24) is 44.0 Å². The number of nitrogens with one attached hydrogen (secondary N) is 3. The quantitative estimate of drug-likeness (QED) is 0.0671. The van der Waals surface area contributed by atoms with E-state index in [0.29, 0.717) is 73.4 Å². The van der Waals surface area contributed by atoms with Crippen molar-refractivity contribution in [2.45, 2.75) is 19.1 Å². The van der Waals surface area contributed by atoms with Gasteiger partial charge in [-0.25, -0.2) is 13.5 Å². The summed E-state index contributed by atoms with van der Waals surface area (Å²) in [5.74, 6) is 1.27. The summed E-state index contributed by atoms with van der Waals surface area (Å²) in [5, 5.41) is 26.6. The molecule has 23 heteroatoms. The SMILES string of the molecule is COc1ccc(Nc2c(C(N)=O)cnn3cccc23)cc1Cl.Cc1noc(C2Oc3c(Nc4c(C(N)=O)cnn5cccc45)cccc32)n1.NC(=O)c1cnn2cccc2c1Nc1cccc2c1OC2c1ccccn1. The number of para-hydroxylation sites is 2. The molecule has 378 valence electrons. The first kappa shape index (κ1) is 47.8. The minimum Gasteiger partial charge on any atom is -0.495 e. The number of pyridine rings is 1. The number of methoxy groups -OCH3 is 1. The Bertz CT molecular complexity index is 4040. The average Bonchev–Trinajstić information content (AvgIpc) is 4.30. The number of anilines is 6. The van der Waals surface area contributed by atoms with Crippen LogP contribution in [0.25, 0.3) is 16.6 Å². The Morgan fingerprint density at radius 2 is 1.13 bits per heavy atom. The van der Waals surface area contributed by atoms with Gasteiger partial charge >= 0.3 is 0 Å². The number of fused-ring (bicyclic) bond motifs is 5. The fourth-order valence-electron chi connectivity index (χ4n) is 8.68. The summed E-state index contributed by atoms with van der Waals surface area (Å²) >= 11 is 6.12. The number of nitrogens with two attached hydrogens (primary N) is 3.